The Morgan fingerprint density at radius 3 is 2.12 bits per heavy atom. The van der Waals surface area contributed by atoms with Gasteiger partial charge in [-0.3, -0.25) is 0 Å². The van der Waals surface area contributed by atoms with Crippen LogP contribution in [-0.4, -0.2) is 25.6 Å². The minimum absolute atomic E-state index is 0.0911. The average molecular weight is 363 g/mol. The summed E-state index contributed by atoms with van der Waals surface area (Å²) in [6.45, 7) is 8.35. The number of β-amino-alcohol motifs (C(OH)–C–C–N with tert-alkyl or cyclic N) is 1. The highest BCUT2D eigenvalue weighted by atomic mass is 32.2. The van der Waals surface area contributed by atoms with Crippen LogP contribution in [0.5, 0.6) is 5.75 Å². The summed E-state index contributed by atoms with van der Waals surface area (Å²) in [6.07, 6.45) is -0.679. The highest BCUT2D eigenvalue weighted by molar-refractivity contribution is 7.87. The first-order valence-corrected chi connectivity index (χ1v) is 9.52. The second-order valence-electron chi connectivity index (χ2n) is 7.07. The SMILES string of the molecule is Cc1ccc(S(=O)(=O)Oc2ccc([C@H](O)CNC(C)(C)C)cc2)cc1. The Morgan fingerprint density at radius 2 is 1.60 bits per heavy atom. The van der Waals surface area contributed by atoms with Gasteiger partial charge >= 0.3 is 10.1 Å². The van der Waals surface area contributed by atoms with Gasteiger partial charge in [0, 0.05) is 12.1 Å². The molecule has 0 heterocycles. The molecular formula is C19H25NO4S. The van der Waals surface area contributed by atoms with Crippen LogP contribution in [0.2, 0.25) is 0 Å². The quantitative estimate of drug-likeness (QED) is 0.771. The second-order valence-corrected chi connectivity index (χ2v) is 8.61. The van der Waals surface area contributed by atoms with Gasteiger partial charge in [0.05, 0.1) is 6.10 Å². The molecule has 0 spiro atoms. The van der Waals surface area contributed by atoms with E-state index in [1.54, 1.807) is 36.4 Å². The van der Waals surface area contributed by atoms with E-state index in [9.17, 15) is 13.5 Å². The fourth-order valence-electron chi connectivity index (χ4n) is 2.15. The van der Waals surface area contributed by atoms with Crippen LogP contribution in [0.25, 0.3) is 0 Å². The Kier molecular flexibility index (Phi) is 5.87. The summed E-state index contributed by atoms with van der Waals surface area (Å²) in [4.78, 5) is 0.108. The van der Waals surface area contributed by atoms with Crippen molar-refractivity contribution in [1.29, 1.82) is 0 Å². The molecule has 0 amide bonds. The van der Waals surface area contributed by atoms with Crippen LogP contribution in [-0.2, 0) is 10.1 Å². The molecule has 25 heavy (non-hydrogen) atoms. The van der Waals surface area contributed by atoms with Gasteiger partial charge in [0.25, 0.3) is 0 Å². The fraction of sp³-hybridized carbons (Fsp3) is 0.368. The van der Waals surface area contributed by atoms with Crippen LogP contribution < -0.4 is 9.50 Å². The summed E-state index contributed by atoms with van der Waals surface area (Å²) in [7, 11) is -3.87. The maximum absolute atomic E-state index is 12.3. The van der Waals surface area contributed by atoms with Gasteiger partial charge in [-0.15, -0.1) is 0 Å². The van der Waals surface area contributed by atoms with E-state index in [-0.39, 0.29) is 16.2 Å². The molecule has 0 fully saturated rings. The highest BCUT2D eigenvalue weighted by Gasteiger charge is 2.17. The molecule has 0 aliphatic rings. The highest BCUT2D eigenvalue weighted by Crippen LogP contribution is 2.22. The van der Waals surface area contributed by atoms with Crippen molar-refractivity contribution >= 4 is 10.1 Å². The molecule has 1 atom stereocenters. The topological polar surface area (TPSA) is 75.6 Å². The molecule has 2 rings (SSSR count). The molecule has 0 radical (unpaired) electrons. The van der Waals surface area contributed by atoms with E-state index >= 15 is 0 Å². The van der Waals surface area contributed by atoms with Gasteiger partial charge in [0.1, 0.15) is 10.6 Å². The van der Waals surface area contributed by atoms with Crippen molar-refractivity contribution in [2.45, 2.75) is 44.2 Å². The van der Waals surface area contributed by atoms with E-state index in [1.165, 1.54) is 12.1 Å². The summed E-state index contributed by atoms with van der Waals surface area (Å²) in [5, 5.41) is 13.4. The lowest BCUT2D eigenvalue weighted by Gasteiger charge is -2.23. The second kappa shape index (κ2) is 7.56. The van der Waals surface area contributed by atoms with E-state index in [4.69, 9.17) is 4.18 Å². The van der Waals surface area contributed by atoms with Crippen LogP contribution in [0.15, 0.2) is 53.4 Å². The molecule has 6 heteroatoms. The molecule has 0 bridgehead atoms. The van der Waals surface area contributed by atoms with E-state index < -0.39 is 16.2 Å². The zero-order valence-electron chi connectivity index (χ0n) is 15.0. The van der Waals surface area contributed by atoms with E-state index in [2.05, 4.69) is 5.32 Å². The van der Waals surface area contributed by atoms with Gasteiger partial charge in [-0.1, -0.05) is 29.8 Å². The molecule has 0 aromatic heterocycles. The molecular weight excluding hydrogens is 338 g/mol. The normalized spacial score (nSPS) is 13.5. The van der Waals surface area contributed by atoms with Crippen molar-refractivity contribution in [2.75, 3.05) is 6.54 Å². The first kappa shape index (κ1) is 19.4. The number of hydrogen-bond donors (Lipinski definition) is 2. The Hall–Kier alpha value is -1.89. The maximum Gasteiger partial charge on any atom is 0.339 e. The van der Waals surface area contributed by atoms with Gasteiger partial charge < -0.3 is 14.6 Å². The summed E-state index contributed by atoms with van der Waals surface area (Å²) >= 11 is 0. The largest absolute Gasteiger partial charge is 0.387 e. The fourth-order valence-corrected chi connectivity index (χ4v) is 3.08. The molecule has 136 valence electrons. The smallest absolute Gasteiger partial charge is 0.339 e. The number of aryl methyl sites for hydroxylation is 1. The molecule has 0 saturated carbocycles. The van der Waals surface area contributed by atoms with E-state index in [1.807, 2.05) is 27.7 Å². The minimum atomic E-state index is -3.87. The minimum Gasteiger partial charge on any atom is -0.387 e. The van der Waals surface area contributed by atoms with Crippen LogP contribution in [0.1, 0.15) is 38.0 Å². The molecule has 2 aromatic rings. The standard InChI is InChI=1S/C19H25NO4S/c1-14-5-11-17(12-6-14)25(22,23)24-16-9-7-15(8-10-16)18(21)13-20-19(2,3)4/h5-12,18,20-21H,13H2,1-4H3/t18-/m1/s1. The van der Waals surface area contributed by atoms with Crippen molar-refractivity contribution in [3.05, 3.63) is 59.7 Å². The third-order valence-electron chi connectivity index (χ3n) is 3.61. The van der Waals surface area contributed by atoms with Crippen molar-refractivity contribution in [1.82, 2.24) is 5.32 Å². The Labute approximate surface area is 149 Å². The number of hydrogen-bond acceptors (Lipinski definition) is 5. The lowest BCUT2D eigenvalue weighted by Crippen LogP contribution is -2.38. The zero-order valence-corrected chi connectivity index (χ0v) is 15.8. The van der Waals surface area contributed by atoms with Crippen molar-refractivity contribution < 1.29 is 17.7 Å². The molecule has 2 N–H and O–H groups in total. The van der Waals surface area contributed by atoms with Gasteiger partial charge in [-0.25, -0.2) is 0 Å². The number of nitrogens with one attached hydrogen (secondary N) is 1. The monoisotopic (exact) mass is 363 g/mol. The van der Waals surface area contributed by atoms with Gasteiger partial charge in [-0.2, -0.15) is 8.42 Å². The lowest BCUT2D eigenvalue weighted by atomic mass is 10.1. The predicted molar refractivity (Wildman–Crippen MR) is 98.2 cm³/mol. The number of aliphatic hydroxyl groups excluding tert-OH is 1. The van der Waals surface area contributed by atoms with Crippen LogP contribution in [0.3, 0.4) is 0 Å². The molecule has 0 aliphatic carbocycles. The number of rotatable bonds is 6. The van der Waals surface area contributed by atoms with E-state index in [0.717, 1.165) is 5.56 Å². The summed E-state index contributed by atoms with van der Waals surface area (Å²) in [6, 6.07) is 12.9. The van der Waals surface area contributed by atoms with Crippen molar-refractivity contribution in [3.8, 4) is 5.75 Å². The van der Waals surface area contributed by atoms with E-state index in [0.29, 0.717) is 12.1 Å². The van der Waals surface area contributed by atoms with Gasteiger partial charge in [-0.05, 0) is 57.5 Å². The Balaban J connectivity index is 2.06. The summed E-state index contributed by atoms with van der Waals surface area (Å²) in [5.41, 5.74) is 1.57. The number of benzene rings is 2. The van der Waals surface area contributed by atoms with Gasteiger partial charge in [0.15, 0.2) is 0 Å². The van der Waals surface area contributed by atoms with Crippen LogP contribution >= 0.6 is 0 Å². The van der Waals surface area contributed by atoms with Crippen LogP contribution in [0, 0.1) is 6.92 Å². The third-order valence-corrected chi connectivity index (χ3v) is 4.87. The first-order chi connectivity index (χ1) is 11.6. The molecule has 0 unspecified atom stereocenters. The Bertz CT molecular complexity index is 791. The average Bonchev–Trinajstić information content (AvgIpc) is 2.52. The summed E-state index contributed by atoms with van der Waals surface area (Å²) in [5.74, 6) is 0.209. The zero-order chi connectivity index (χ0) is 18.7. The Morgan fingerprint density at radius 1 is 1.04 bits per heavy atom. The molecule has 5 nitrogen and oxygen atoms in total. The molecule has 0 aliphatic heterocycles. The first-order valence-electron chi connectivity index (χ1n) is 8.11. The molecule has 2 aromatic carbocycles. The van der Waals surface area contributed by atoms with Crippen LogP contribution in [0.4, 0.5) is 0 Å². The van der Waals surface area contributed by atoms with Crippen molar-refractivity contribution in [3.63, 3.8) is 0 Å². The van der Waals surface area contributed by atoms with Gasteiger partial charge in [0.2, 0.25) is 0 Å². The predicted octanol–water partition coefficient (Wildman–Crippen LogP) is 3.18. The molecule has 0 saturated heterocycles. The number of aliphatic hydroxyl groups is 1. The van der Waals surface area contributed by atoms with Crippen molar-refractivity contribution in [2.24, 2.45) is 0 Å². The maximum atomic E-state index is 12.3. The third kappa shape index (κ3) is 5.85. The lowest BCUT2D eigenvalue weighted by molar-refractivity contribution is 0.163. The summed E-state index contributed by atoms with van der Waals surface area (Å²) < 4.78 is 29.7.